The molecule has 3 amide bonds. The number of nitrogens with zero attached hydrogens (tertiary/aromatic N) is 3. The molecule has 10 nitrogen and oxygen atoms in total. The number of aromatic nitrogens is 3. The number of benzene rings is 2. The average Bonchev–Trinajstić information content (AvgIpc) is 3.19. The zero-order valence-corrected chi connectivity index (χ0v) is 23.0. The Morgan fingerprint density at radius 3 is 2.19 bits per heavy atom. The van der Waals surface area contributed by atoms with Gasteiger partial charge >= 0.3 is 18.0 Å². The second-order valence-electron chi connectivity index (χ2n) is 9.62. The zero-order valence-electron chi connectivity index (χ0n) is 22.3. The van der Waals surface area contributed by atoms with Crippen molar-refractivity contribution < 1.29 is 40.7 Å². The van der Waals surface area contributed by atoms with E-state index in [2.05, 4.69) is 5.10 Å². The van der Waals surface area contributed by atoms with Crippen LogP contribution in [0.15, 0.2) is 59.4 Å². The number of halogens is 7. The maximum Gasteiger partial charge on any atom is 0.416 e. The summed E-state index contributed by atoms with van der Waals surface area (Å²) in [5.41, 5.74) is 0.877. The molecule has 1 aromatic heterocycles. The van der Waals surface area contributed by atoms with Crippen molar-refractivity contribution in [3.05, 3.63) is 81.2 Å². The minimum absolute atomic E-state index is 0.131. The van der Waals surface area contributed by atoms with Crippen molar-refractivity contribution in [3.8, 4) is 11.4 Å². The Labute approximate surface area is 244 Å². The second kappa shape index (κ2) is 12.4. The standard InChI is InChI=1S/C26H23ClF6N6O4/c1-24(2,34)22(42)36-21(41)19(16-5-3-4-6-17(16)26(31,32)33)35-18(40)13-39-23(43)38(12-11-25(28,29)30)20(37-39)14-7-9-15(27)10-8-14/h3-12,19H,13,34H2,1-2H3,(H,35,40)(H,36,41,42)/b12-11+. The predicted octanol–water partition coefficient (Wildman–Crippen LogP) is 3.65. The van der Waals surface area contributed by atoms with Crippen LogP contribution in [0.2, 0.25) is 5.02 Å². The Kier molecular flexibility index (Phi) is 9.56. The molecule has 0 bridgehead atoms. The lowest BCUT2D eigenvalue weighted by Gasteiger charge is -2.24. The number of carbonyl (C=O) groups is 3. The van der Waals surface area contributed by atoms with Crippen LogP contribution in [0.1, 0.15) is 31.0 Å². The molecule has 0 fully saturated rings. The maximum absolute atomic E-state index is 13.8. The first-order valence-corrected chi connectivity index (χ1v) is 12.5. The molecular weight excluding hydrogens is 610 g/mol. The van der Waals surface area contributed by atoms with Gasteiger partial charge in [0, 0.05) is 22.9 Å². The van der Waals surface area contributed by atoms with Crippen molar-refractivity contribution in [2.24, 2.45) is 5.73 Å². The first-order valence-electron chi connectivity index (χ1n) is 12.1. The van der Waals surface area contributed by atoms with Crippen LogP contribution in [-0.2, 0) is 27.1 Å². The van der Waals surface area contributed by atoms with Crippen LogP contribution in [-0.4, -0.2) is 43.8 Å². The fraction of sp³-hybridized carbons (Fsp3) is 0.269. The van der Waals surface area contributed by atoms with E-state index >= 15 is 0 Å². The fourth-order valence-electron chi connectivity index (χ4n) is 3.59. The number of hydrogen-bond donors (Lipinski definition) is 3. The van der Waals surface area contributed by atoms with E-state index in [-0.39, 0.29) is 22.5 Å². The van der Waals surface area contributed by atoms with Gasteiger partial charge in [-0.25, -0.2) is 14.0 Å². The predicted molar refractivity (Wildman–Crippen MR) is 142 cm³/mol. The summed E-state index contributed by atoms with van der Waals surface area (Å²) in [5, 5.41) is 8.06. The highest BCUT2D eigenvalue weighted by molar-refractivity contribution is 6.30. The molecule has 2 aromatic carbocycles. The monoisotopic (exact) mass is 632 g/mol. The van der Waals surface area contributed by atoms with E-state index < -0.39 is 65.0 Å². The molecule has 0 spiro atoms. The van der Waals surface area contributed by atoms with Gasteiger partial charge in [0.1, 0.15) is 12.6 Å². The highest BCUT2D eigenvalue weighted by Crippen LogP contribution is 2.34. The Morgan fingerprint density at radius 1 is 1.02 bits per heavy atom. The van der Waals surface area contributed by atoms with E-state index in [0.29, 0.717) is 21.5 Å². The molecule has 1 atom stereocenters. The van der Waals surface area contributed by atoms with Gasteiger partial charge in [0.05, 0.1) is 11.1 Å². The van der Waals surface area contributed by atoms with Crippen molar-refractivity contribution in [3.63, 3.8) is 0 Å². The average molecular weight is 633 g/mol. The van der Waals surface area contributed by atoms with E-state index in [0.717, 1.165) is 18.2 Å². The summed E-state index contributed by atoms with van der Waals surface area (Å²) in [6.07, 6.45) is -9.67. The molecule has 0 radical (unpaired) electrons. The SMILES string of the molecule is CC(C)(N)C(=O)NC(=O)C(NC(=O)Cn1nc(-c2ccc(Cl)cc2)n(/C=C/C(F)(F)F)c1=O)c1ccccc1C(F)(F)F. The zero-order chi connectivity index (χ0) is 32.3. The normalized spacial score (nSPS) is 13.2. The van der Waals surface area contributed by atoms with Crippen molar-refractivity contribution in [1.29, 1.82) is 0 Å². The number of carbonyl (C=O) groups excluding carboxylic acids is 3. The molecule has 0 aliphatic heterocycles. The number of nitrogens with two attached hydrogens (primary N) is 1. The lowest BCUT2D eigenvalue weighted by atomic mass is 9.98. The van der Waals surface area contributed by atoms with Gasteiger partial charge in [-0.05, 0) is 49.7 Å². The summed E-state index contributed by atoms with van der Waals surface area (Å²) in [7, 11) is 0. The quantitative estimate of drug-likeness (QED) is 0.324. The van der Waals surface area contributed by atoms with Crippen molar-refractivity contribution >= 4 is 35.5 Å². The van der Waals surface area contributed by atoms with Crippen molar-refractivity contribution in [2.75, 3.05) is 0 Å². The fourth-order valence-corrected chi connectivity index (χ4v) is 3.72. The van der Waals surface area contributed by atoms with E-state index in [4.69, 9.17) is 17.3 Å². The Balaban J connectivity index is 2.03. The third-order valence-corrected chi connectivity index (χ3v) is 5.90. The van der Waals surface area contributed by atoms with Gasteiger partial charge in [-0.3, -0.25) is 19.7 Å². The third kappa shape index (κ3) is 8.54. The van der Waals surface area contributed by atoms with Crippen LogP contribution in [0.25, 0.3) is 17.6 Å². The molecule has 1 heterocycles. The van der Waals surface area contributed by atoms with E-state index in [9.17, 15) is 45.5 Å². The summed E-state index contributed by atoms with van der Waals surface area (Å²) >= 11 is 5.84. The van der Waals surface area contributed by atoms with Crippen LogP contribution < -0.4 is 22.1 Å². The van der Waals surface area contributed by atoms with Gasteiger partial charge in [0.15, 0.2) is 5.82 Å². The molecule has 230 valence electrons. The number of hydrogen-bond acceptors (Lipinski definition) is 6. The van der Waals surface area contributed by atoms with Crippen molar-refractivity contribution in [2.45, 2.75) is 44.3 Å². The van der Waals surface area contributed by atoms with E-state index in [1.165, 1.54) is 38.1 Å². The van der Waals surface area contributed by atoms with E-state index in [1.807, 2.05) is 10.6 Å². The molecule has 1 unspecified atom stereocenters. The van der Waals surface area contributed by atoms with Crippen LogP contribution in [0.5, 0.6) is 0 Å². The van der Waals surface area contributed by atoms with Gasteiger partial charge in [0.25, 0.3) is 5.91 Å². The van der Waals surface area contributed by atoms with Gasteiger partial charge < -0.3 is 11.1 Å². The first-order chi connectivity index (χ1) is 19.8. The summed E-state index contributed by atoms with van der Waals surface area (Å²) in [5.74, 6) is -4.02. The molecule has 0 aliphatic carbocycles. The molecule has 0 aliphatic rings. The summed E-state index contributed by atoms with van der Waals surface area (Å²) in [6.45, 7) is 1.41. The van der Waals surface area contributed by atoms with Gasteiger partial charge in [0.2, 0.25) is 11.8 Å². The van der Waals surface area contributed by atoms with Crippen LogP contribution >= 0.6 is 11.6 Å². The Bertz CT molecular complexity index is 1600. The minimum atomic E-state index is -4.98. The number of nitrogens with one attached hydrogen (secondary N) is 2. The second-order valence-corrected chi connectivity index (χ2v) is 10.1. The third-order valence-electron chi connectivity index (χ3n) is 5.65. The Morgan fingerprint density at radius 2 is 1.63 bits per heavy atom. The summed E-state index contributed by atoms with van der Waals surface area (Å²) in [6, 6.07) is 7.05. The molecule has 0 saturated heterocycles. The largest absolute Gasteiger partial charge is 0.416 e. The molecule has 0 saturated carbocycles. The number of alkyl halides is 6. The highest BCUT2D eigenvalue weighted by Gasteiger charge is 2.38. The van der Waals surface area contributed by atoms with Crippen LogP contribution in [0.4, 0.5) is 26.3 Å². The van der Waals surface area contributed by atoms with Gasteiger partial charge in [-0.2, -0.15) is 26.3 Å². The molecule has 4 N–H and O–H groups in total. The topological polar surface area (TPSA) is 141 Å². The number of allylic oxidation sites excluding steroid dienone is 1. The van der Waals surface area contributed by atoms with Gasteiger partial charge in [-0.1, -0.05) is 29.8 Å². The molecule has 17 heteroatoms. The highest BCUT2D eigenvalue weighted by atomic mass is 35.5. The molecular formula is C26H23ClF6N6O4. The van der Waals surface area contributed by atoms with Crippen LogP contribution in [0.3, 0.4) is 0 Å². The van der Waals surface area contributed by atoms with E-state index in [1.54, 1.807) is 0 Å². The smallest absolute Gasteiger partial charge is 0.339 e. The number of imide groups is 1. The Hall–Kier alpha value is -4.44. The lowest BCUT2D eigenvalue weighted by Crippen LogP contribution is -2.53. The lowest BCUT2D eigenvalue weighted by molar-refractivity contribution is -0.140. The number of rotatable bonds is 8. The summed E-state index contributed by atoms with van der Waals surface area (Å²) < 4.78 is 80.9. The first kappa shape index (κ1) is 33.1. The van der Waals surface area contributed by atoms with Crippen molar-refractivity contribution in [1.82, 2.24) is 25.0 Å². The van der Waals surface area contributed by atoms with Crippen LogP contribution in [0, 0.1) is 0 Å². The molecule has 3 aromatic rings. The maximum atomic E-state index is 13.8. The minimum Gasteiger partial charge on any atom is -0.339 e. The van der Waals surface area contributed by atoms with Gasteiger partial charge in [-0.15, -0.1) is 5.10 Å². The molecule has 3 rings (SSSR count). The summed E-state index contributed by atoms with van der Waals surface area (Å²) in [4.78, 5) is 51.3. The molecule has 43 heavy (non-hydrogen) atoms. The number of amides is 3.